The summed E-state index contributed by atoms with van der Waals surface area (Å²) in [6.07, 6.45) is 1.82. The van der Waals surface area contributed by atoms with Gasteiger partial charge in [0.15, 0.2) is 0 Å². The zero-order valence-electron chi connectivity index (χ0n) is 17.2. The first-order valence-electron chi connectivity index (χ1n) is 9.48. The van der Waals surface area contributed by atoms with E-state index >= 15 is 0 Å². The molecule has 1 N–H and O–H groups in total. The Balaban J connectivity index is 2.02. The average molecular weight is 449 g/mol. The number of hydrogen-bond donors (Lipinski definition) is 1. The first-order valence-corrected chi connectivity index (χ1v) is 11.7. The molecule has 0 atom stereocenters. The van der Waals surface area contributed by atoms with Gasteiger partial charge in [-0.2, -0.15) is 4.31 Å². The number of halogens is 2. The van der Waals surface area contributed by atoms with E-state index in [0.717, 1.165) is 6.42 Å². The molecule has 1 aromatic carbocycles. The number of sulfonamides is 1. The number of nitrogens with zero attached hydrogens (tertiary/aromatic N) is 1. The van der Waals surface area contributed by atoms with Crippen molar-refractivity contribution in [2.24, 2.45) is 11.3 Å². The van der Waals surface area contributed by atoms with Crippen LogP contribution in [0.2, 0.25) is 10.0 Å². The van der Waals surface area contributed by atoms with Gasteiger partial charge in [-0.25, -0.2) is 8.42 Å². The molecule has 1 fully saturated rings. The van der Waals surface area contributed by atoms with Gasteiger partial charge in [0.2, 0.25) is 15.9 Å². The lowest BCUT2D eigenvalue weighted by molar-refractivity contribution is -0.128. The maximum Gasteiger partial charge on any atom is 0.244 e. The maximum atomic E-state index is 12.9. The highest BCUT2D eigenvalue weighted by molar-refractivity contribution is 7.89. The van der Waals surface area contributed by atoms with Crippen molar-refractivity contribution in [3.05, 3.63) is 28.2 Å². The van der Waals surface area contributed by atoms with Crippen LogP contribution in [0.4, 0.5) is 0 Å². The van der Waals surface area contributed by atoms with E-state index in [0.29, 0.717) is 17.9 Å². The van der Waals surface area contributed by atoms with Crippen LogP contribution in [0.15, 0.2) is 23.1 Å². The Morgan fingerprint density at radius 3 is 2.25 bits per heavy atom. The molecule has 0 bridgehead atoms. The molecule has 0 radical (unpaired) electrons. The highest BCUT2D eigenvalue weighted by Gasteiger charge is 2.35. The van der Waals surface area contributed by atoms with E-state index in [1.54, 1.807) is 6.07 Å². The molecule has 8 heteroatoms. The standard InChI is InChI=1S/C20H30Cl2N2O3S/c1-19(2,3)13-20(4,5)23-18(25)14-8-10-24(11-9-14)28(26,27)17-12-15(21)6-7-16(17)22/h6-7,12,14H,8-11,13H2,1-5H3,(H,23,25). The third-order valence-corrected chi connectivity index (χ3v) is 7.38. The third-order valence-electron chi connectivity index (χ3n) is 4.77. The zero-order valence-corrected chi connectivity index (χ0v) is 19.5. The Kier molecular flexibility index (Phi) is 7.12. The Labute approximate surface area is 178 Å². The number of carbonyl (C=O) groups is 1. The number of nitrogens with one attached hydrogen (secondary N) is 1. The normalized spacial score (nSPS) is 17.5. The quantitative estimate of drug-likeness (QED) is 0.707. The van der Waals surface area contributed by atoms with Gasteiger partial charge >= 0.3 is 0 Å². The lowest BCUT2D eigenvalue weighted by atomic mass is 9.81. The minimum absolute atomic E-state index is 0.00733. The third kappa shape index (κ3) is 6.09. The molecule has 1 saturated heterocycles. The predicted octanol–water partition coefficient (Wildman–Crippen LogP) is 4.73. The summed E-state index contributed by atoms with van der Waals surface area (Å²) in [6.45, 7) is 11.0. The van der Waals surface area contributed by atoms with E-state index < -0.39 is 10.0 Å². The summed E-state index contributed by atoms with van der Waals surface area (Å²) >= 11 is 12.0. The molecule has 1 aliphatic rings. The highest BCUT2D eigenvalue weighted by Crippen LogP contribution is 2.31. The molecule has 1 aromatic rings. The van der Waals surface area contributed by atoms with E-state index in [1.807, 2.05) is 13.8 Å². The summed E-state index contributed by atoms with van der Waals surface area (Å²) in [6, 6.07) is 4.40. The van der Waals surface area contributed by atoms with Crippen molar-refractivity contribution in [1.29, 1.82) is 0 Å². The van der Waals surface area contributed by atoms with Crippen molar-refractivity contribution in [3.63, 3.8) is 0 Å². The number of piperidine rings is 1. The van der Waals surface area contributed by atoms with E-state index in [4.69, 9.17) is 23.2 Å². The molecule has 1 heterocycles. The van der Waals surface area contributed by atoms with Crippen LogP contribution < -0.4 is 5.32 Å². The van der Waals surface area contributed by atoms with Crippen molar-refractivity contribution < 1.29 is 13.2 Å². The summed E-state index contributed by atoms with van der Waals surface area (Å²) in [5.41, 5.74) is -0.211. The van der Waals surface area contributed by atoms with Crippen molar-refractivity contribution in [2.45, 2.75) is 64.3 Å². The molecule has 158 valence electrons. The van der Waals surface area contributed by atoms with Gasteiger partial charge in [-0.15, -0.1) is 0 Å². The van der Waals surface area contributed by atoms with Crippen LogP contribution in [0, 0.1) is 11.3 Å². The van der Waals surface area contributed by atoms with Crippen molar-refractivity contribution >= 4 is 39.1 Å². The molecule has 0 spiro atoms. The molecule has 0 aromatic heterocycles. The van der Waals surface area contributed by atoms with Gasteiger partial charge in [0.25, 0.3) is 0 Å². The van der Waals surface area contributed by atoms with Gasteiger partial charge in [0.05, 0.1) is 5.02 Å². The SMILES string of the molecule is CC(C)(C)CC(C)(C)NC(=O)C1CCN(S(=O)(=O)c2cc(Cl)ccc2Cl)CC1. The van der Waals surface area contributed by atoms with Gasteiger partial charge in [-0.1, -0.05) is 44.0 Å². The molecule has 0 saturated carbocycles. The van der Waals surface area contributed by atoms with Crippen molar-refractivity contribution in [2.75, 3.05) is 13.1 Å². The van der Waals surface area contributed by atoms with Crippen LogP contribution in [0.5, 0.6) is 0 Å². The molecular formula is C20H30Cl2N2O3S. The number of benzene rings is 1. The first kappa shape index (κ1) is 23.5. The Morgan fingerprint density at radius 2 is 1.71 bits per heavy atom. The minimum atomic E-state index is -3.74. The second kappa shape index (κ2) is 8.50. The summed E-state index contributed by atoms with van der Waals surface area (Å²) in [5, 5.41) is 3.60. The van der Waals surface area contributed by atoms with Gasteiger partial charge in [-0.3, -0.25) is 4.79 Å². The van der Waals surface area contributed by atoms with Gasteiger partial charge in [0, 0.05) is 29.6 Å². The first-order chi connectivity index (χ1) is 12.7. The van der Waals surface area contributed by atoms with E-state index in [-0.39, 0.29) is 45.8 Å². The van der Waals surface area contributed by atoms with Gasteiger partial charge in [0.1, 0.15) is 4.90 Å². The van der Waals surface area contributed by atoms with Crippen molar-refractivity contribution in [1.82, 2.24) is 9.62 Å². The number of hydrogen-bond acceptors (Lipinski definition) is 3. The average Bonchev–Trinajstić information content (AvgIpc) is 2.54. The van der Waals surface area contributed by atoms with Gasteiger partial charge < -0.3 is 5.32 Å². The minimum Gasteiger partial charge on any atom is -0.351 e. The van der Waals surface area contributed by atoms with Crippen LogP contribution >= 0.6 is 23.2 Å². The smallest absolute Gasteiger partial charge is 0.244 e. The van der Waals surface area contributed by atoms with Crippen LogP contribution in [0.25, 0.3) is 0 Å². The molecule has 0 unspecified atom stereocenters. The fraction of sp³-hybridized carbons (Fsp3) is 0.650. The summed E-state index contributed by atoms with van der Waals surface area (Å²) < 4.78 is 27.2. The molecular weight excluding hydrogens is 419 g/mol. The second-order valence-electron chi connectivity index (χ2n) is 9.36. The fourth-order valence-corrected chi connectivity index (χ4v) is 6.18. The van der Waals surface area contributed by atoms with E-state index in [2.05, 4.69) is 26.1 Å². The van der Waals surface area contributed by atoms with Gasteiger partial charge in [-0.05, 0) is 56.7 Å². The number of rotatable bonds is 5. The van der Waals surface area contributed by atoms with E-state index in [9.17, 15) is 13.2 Å². The molecule has 1 aliphatic heterocycles. The van der Waals surface area contributed by atoms with Crippen LogP contribution in [0.1, 0.15) is 53.9 Å². The van der Waals surface area contributed by atoms with Crippen LogP contribution in [0.3, 0.4) is 0 Å². The monoisotopic (exact) mass is 448 g/mol. The van der Waals surface area contributed by atoms with Crippen LogP contribution in [-0.2, 0) is 14.8 Å². The summed E-state index contributed by atoms with van der Waals surface area (Å²) in [7, 11) is -3.74. The Morgan fingerprint density at radius 1 is 1.14 bits per heavy atom. The Hall–Kier alpha value is -0.820. The molecule has 28 heavy (non-hydrogen) atoms. The largest absolute Gasteiger partial charge is 0.351 e. The summed E-state index contributed by atoms with van der Waals surface area (Å²) in [5.74, 6) is -0.201. The zero-order chi connectivity index (χ0) is 21.3. The second-order valence-corrected chi connectivity index (χ2v) is 12.1. The Bertz CT molecular complexity index is 824. The van der Waals surface area contributed by atoms with Crippen LogP contribution in [-0.4, -0.2) is 37.3 Å². The maximum absolute atomic E-state index is 12.9. The lowest BCUT2D eigenvalue weighted by Crippen LogP contribution is -2.50. The molecule has 2 rings (SSSR count). The van der Waals surface area contributed by atoms with Crippen molar-refractivity contribution in [3.8, 4) is 0 Å². The fourth-order valence-electron chi connectivity index (χ4n) is 3.98. The number of carbonyl (C=O) groups excluding carboxylic acids is 1. The molecule has 0 aliphatic carbocycles. The highest BCUT2D eigenvalue weighted by atomic mass is 35.5. The predicted molar refractivity (Wildman–Crippen MR) is 114 cm³/mol. The van der Waals surface area contributed by atoms with E-state index in [1.165, 1.54) is 16.4 Å². The number of amides is 1. The lowest BCUT2D eigenvalue weighted by Gasteiger charge is -2.36. The molecule has 1 amide bonds. The molecule has 5 nitrogen and oxygen atoms in total. The summed E-state index contributed by atoms with van der Waals surface area (Å²) in [4.78, 5) is 12.7. The topological polar surface area (TPSA) is 66.5 Å².